The zero-order valence-corrected chi connectivity index (χ0v) is 12.0. The number of thiophene rings is 1. The summed E-state index contributed by atoms with van der Waals surface area (Å²) in [4.78, 5) is 1.22. The zero-order valence-electron chi connectivity index (χ0n) is 11.2. The molecule has 2 rings (SSSR count). The van der Waals surface area contributed by atoms with Gasteiger partial charge in [-0.05, 0) is 28.0 Å². The molecule has 0 amide bonds. The van der Waals surface area contributed by atoms with Crippen molar-refractivity contribution in [2.24, 2.45) is 0 Å². The van der Waals surface area contributed by atoms with E-state index >= 15 is 0 Å². The Morgan fingerprint density at radius 1 is 1.11 bits per heavy atom. The van der Waals surface area contributed by atoms with Crippen LogP contribution in [0.25, 0.3) is 0 Å². The topological polar surface area (TPSA) is 20.2 Å². The summed E-state index contributed by atoms with van der Waals surface area (Å²) in [6, 6.07) is 12.4. The Kier molecular flexibility index (Phi) is 3.88. The van der Waals surface area contributed by atoms with E-state index in [4.69, 9.17) is 0 Å². The van der Waals surface area contributed by atoms with Gasteiger partial charge in [0.05, 0.1) is 6.10 Å². The second-order valence-corrected chi connectivity index (χ2v) is 6.70. The maximum absolute atomic E-state index is 10.2. The number of aliphatic hydroxyl groups is 1. The Morgan fingerprint density at radius 2 is 1.78 bits per heavy atom. The van der Waals surface area contributed by atoms with Crippen molar-refractivity contribution in [2.75, 3.05) is 0 Å². The fourth-order valence-corrected chi connectivity index (χ4v) is 2.69. The Bertz CT molecular complexity index is 477. The quantitative estimate of drug-likeness (QED) is 0.871. The highest BCUT2D eigenvalue weighted by Gasteiger charge is 2.14. The van der Waals surface area contributed by atoms with E-state index in [-0.39, 0.29) is 5.41 Å². The lowest BCUT2D eigenvalue weighted by Crippen LogP contribution is -2.11. The average molecular weight is 260 g/mol. The van der Waals surface area contributed by atoms with Crippen LogP contribution in [0, 0.1) is 0 Å². The van der Waals surface area contributed by atoms with Crippen molar-refractivity contribution in [3.05, 3.63) is 57.8 Å². The van der Waals surface area contributed by atoms with E-state index < -0.39 is 6.10 Å². The molecule has 1 unspecified atom stereocenters. The number of benzene rings is 1. The van der Waals surface area contributed by atoms with Gasteiger partial charge in [0, 0.05) is 11.3 Å². The highest BCUT2D eigenvalue weighted by molar-refractivity contribution is 7.09. The molecule has 1 N–H and O–H groups in total. The molecule has 0 aliphatic carbocycles. The molecule has 1 atom stereocenters. The Balaban J connectivity index is 2.10. The predicted octanol–water partition coefficient (Wildman–Crippen LogP) is 4.32. The minimum Gasteiger partial charge on any atom is -0.388 e. The predicted molar refractivity (Wildman–Crippen MR) is 78.1 cm³/mol. The van der Waals surface area contributed by atoms with E-state index in [1.807, 2.05) is 23.6 Å². The normalized spacial score (nSPS) is 13.6. The fraction of sp³-hybridized carbons (Fsp3) is 0.375. The van der Waals surface area contributed by atoms with Crippen LogP contribution < -0.4 is 0 Å². The molecular weight excluding hydrogens is 240 g/mol. The Labute approximate surface area is 113 Å². The Hall–Kier alpha value is -1.12. The largest absolute Gasteiger partial charge is 0.388 e. The second-order valence-electron chi connectivity index (χ2n) is 5.67. The molecule has 1 aromatic heterocycles. The number of rotatable bonds is 3. The van der Waals surface area contributed by atoms with Gasteiger partial charge >= 0.3 is 0 Å². The van der Waals surface area contributed by atoms with Crippen LogP contribution >= 0.6 is 11.3 Å². The molecule has 96 valence electrons. The number of hydrogen-bond acceptors (Lipinski definition) is 2. The van der Waals surface area contributed by atoms with E-state index in [9.17, 15) is 5.11 Å². The molecule has 1 heterocycles. The van der Waals surface area contributed by atoms with Crippen LogP contribution in [-0.2, 0) is 11.8 Å². The maximum Gasteiger partial charge on any atom is 0.0838 e. The molecule has 2 heteroatoms. The van der Waals surface area contributed by atoms with Gasteiger partial charge in [-0.25, -0.2) is 0 Å². The van der Waals surface area contributed by atoms with Crippen molar-refractivity contribution >= 4 is 11.3 Å². The minimum atomic E-state index is -0.405. The average Bonchev–Trinajstić information content (AvgIpc) is 2.81. The van der Waals surface area contributed by atoms with Gasteiger partial charge in [-0.15, -0.1) is 11.3 Å². The first kappa shape index (κ1) is 13.3. The molecule has 0 aliphatic heterocycles. The molecule has 0 saturated heterocycles. The van der Waals surface area contributed by atoms with Crippen molar-refractivity contribution < 1.29 is 5.11 Å². The molecule has 18 heavy (non-hydrogen) atoms. The standard InChI is InChI=1S/C16H20OS/c1-16(2,3)13-8-6-12(7-9-13)15(17)11-14-5-4-10-18-14/h4-10,15,17H,11H2,1-3H3. The lowest BCUT2D eigenvalue weighted by Gasteiger charge is -2.20. The number of hydrogen-bond donors (Lipinski definition) is 1. The molecular formula is C16H20OS. The van der Waals surface area contributed by atoms with Crippen LogP contribution in [0.3, 0.4) is 0 Å². The zero-order chi connectivity index (χ0) is 13.2. The van der Waals surface area contributed by atoms with Gasteiger partial charge in [0.15, 0.2) is 0 Å². The van der Waals surface area contributed by atoms with Crippen LogP contribution in [0.5, 0.6) is 0 Å². The van der Waals surface area contributed by atoms with Gasteiger partial charge in [-0.2, -0.15) is 0 Å². The third-order valence-electron chi connectivity index (χ3n) is 3.14. The van der Waals surface area contributed by atoms with Gasteiger partial charge in [-0.1, -0.05) is 51.1 Å². The van der Waals surface area contributed by atoms with Crippen LogP contribution in [-0.4, -0.2) is 5.11 Å². The monoisotopic (exact) mass is 260 g/mol. The maximum atomic E-state index is 10.2. The first-order valence-corrected chi connectivity index (χ1v) is 7.15. The van der Waals surface area contributed by atoms with Gasteiger partial charge in [0.25, 0.3) is 0 Å². The van der Waals surface area contributed by atoms with Crippen molar-refractivity contribution in [1.82, 2.24) is 0 Å². The Morgan fingerprint density at radius 3 is 2.28 bits per heavy atom. The lowest BCUT2D eigenvalue weighted by atomic mass is 9.86. The summed E-state index contributed by atoms with van der Waals surface area (Å²) in [6.07, 6.45) is 0.296. The molecule has 0 bridgehead atoms. The summed E-state index contributed by atoms with van der Waals surface area (Å²) >= 11 is 1.69. The van der Waals surface area contributed by atoms with E-state index in [1.165, 1.54) is 10.4 Å². The first-order valence-electron chi connectivity index (χ1n) is 6.28. The summed E-state index contributed by atoms with van der Waals surface area (Å²) in [6.45, 7) is 6.60. The van der Waals surface area contributed by atoms with Crippen LogP contribution in [0.15, 0.2) is 41.8 Å². The summed E-state index contributed by atoms with van der Waals surface area (Å²) in [5.41, 5.74) is 2.46. The van der Waals surface area contributed by atoms with Gasteiger partial charge in [-0.3, -0.25) is 0 Å². The summed E-state index contributed by atoms with van der Waals surface area (Å²) < 4.78 is 0. The highest BCUT2D eigenvalue weighted by Crippen LogP contribution is 2.26. The molecule has 0 aliphatic rings. The van der Waals surface area contributed by atoms with Crippen molar-refractivity contribution in [2.45, 2.75) is 38.7 Å². The highest BCUT2D eigenvalue weighted by atomic mass is 32.1. The van der Waals surface area contributed by atoms with Gasteiger partial charge in [0.2, 0.25) is 0 Å². The molecule has 2 aromatic rings. The molecule has 1 nitrogen and oxygen atoms in total. The van der Waals surface area contributed by atoms with E-state index in [0.717, 1.165) is 5.56 Å². The molecule has 0 saturated carbocycles. The van der Waals surface area contributed by atoms with E-state index in [0.29, 0.717) is 6.42 Å². The van der Waals surface area contributed by atoms with Crippen LogP contribution in [0.1, 0.15) is 42.9 Å². The van der Waals surface area contributed by atoms with Crippen molar-refractivity contribution in [1.29, 1.82) is 0 Å². The van der Waals surface area contributed by atoms with Crippen molar-refractivity contribution in [3.63, 3.8) is 0 Å². The molecule has 0 spiro atoms. The van der Waals surface area contributed by atoms with Crippen molar-refractivity contribution in [3.8, 4) is 0 Å². The first-order chi connectivity index (χ1) is 8.47. The summed E-state index contributed by atoms with van der Waals surface area (Å²) in [5, 5.41) is 12.2. The third-order valence-corrected chi connectivity index (χ3v) is 4.03. The smallest absolute Gasteiger partial charge is 0.0838 e. The molecule has 1 aromatic carbocycles. The van der Waals surface area contributed by atoms with Crippen LogP contribution in [0.4, 0.5) is 0 Å². The second kappa shape index (κ2) is 5.25. The van der Waals surface area contributed by atoms with Gasteiger partial charge in [0.1, 0.15) is 0 Å². The van der Waals surface area contributed by atoms with Gasteiger partial charge < -0.3 is 5.11 Å². The van der Waals surface area contributed by atoms with Crippen LogP contribution in [0.2, 0.25) is 0 Å². The third kappa shape index (κ3) is 3.21. The summed E-state index contributed by atoms with van der Waals surface area (Å²) in [5.74, 6) is 0. The summed E-state index contributed by atoms with van der Waals surface area (Å²) in [7, 11) is 0. The molecule has 0 radical (unpaired) electrons. The van der Waals surface area contributed by atoms with E-state index in [2.05, 4.69) is 39.0 Å². The SMILES string of the molecule is CC(C)(C)c1ccc(C(O)Cc2cccs2)cc1. The minimum absolute atomic E-state index is 0.164. The molecule has 0 fully saturated rings. The number of aliphatic hydroxyl groups excluding tert-OH is 1. The fourth-order valence-electron chi connectivity index (χ4n) is 1.94. The lowest BCUT2D eigenvalue weighted by molar-refractivity contribution is 0.179. The van der Waals surface area contributed by atoms with E-state index in [1.54, 1.807) is 11.3 Å².